The standard InChI is InChI=1S/C34H33ClF4N8OS/c1-3-20-15-47-21(11-43-20)7-17(2)25-26-29(28(37)22(27(25)35)12-42-13-23(36)24-8-18(10-40)31(41)49-24)44-33(45-32(26)47)48-16-34-5-4-6-46(34)14-19(9-34)30(38)39/h8,12-13,20-21,43H,2-7,9,11,14-16,41H2,1H3/b23-13+,42-12?/t20-,21-,34?/m1/s1. The third kappa shape index (κ3) is 5.86. The van der Waals surface area contributed by atoms with E-state index in [1.807, 2.05) is 11.0 Å². The first kappa shape index (κ1) is 33.5. The van der Waals surface area contributed by atoms with Crippen LogP contribution in [0.25, 0.3) is 22.3 Å². The van der Waals surface area contributed by atoms with Crippen LogP contribution in [0.4, 0.5) is 28.4 Å². The summed E-state index contributed by atoms with van der Waals surface area (Å²) in [5, 5.41) is 13.3. The minimum Gasteiger partial charge on any atom is -0.461 e. The molecule has 0 radical (unpaired) electrons. The Hall–Kier alpha value is -4.03. The van der Waals surface area contributed by atoms with Gasteiger partial charge in [-0.1, -0.05) is 25.1 Å². The van der Waals surface area contributed by atoms with Crippen molar-refractivity contribution in [2.75, 3.05) is 43.4 Å². The highest BCUT2D eigenvalue weighted by Gasteiger charge is 2.48. The number of nitrogens with two attached hydrogens (primary N) is 1. The van der Waals surface area contributed by atoms with Crippen LogP contribution in [-0.2, 0) is 0 Å². The third-order valence-electron chi connectivity index (χ3n) is 10.0. The van der Waals surface area contributed by atoms with Gasteiger partial charge in [0.05, 0.1) is 38.2 Å². The Bertz CT molecular complexity index is 2000. The fraction of sp³-hybridized carbons (Fsp3) is 0.412. The lowest BCUT2D eigenvalue weighted by Crippen LogP contribution is -2.56. The Balaban J connectivity index is 1.33. The number of piperazine rings is 1. The van der Waals surface area contributed by atoms with Crippen LogP contribution in [0.5, 0.6) is 6.01 Å². The van der Waals surface area contributed by atoms with Gasteiger partial charge in [0.2, 0.25) is 0 Å². The second-order valence-electron chi connectivity index (χ2n) is 12.9. The predicted molar refractivity (Wildman–Crippen MR) is 184 cm³/mol. The zero-order chi connectivity index (χ0) is 34.6. The van der Waals surface area contributed by atoms with E-state index < -0.39 is 23.3 Å². The minimum atomic E-state index is -1.66. The number of hydrogen-bond donors (Lipinski definition) is 2. The van der Waals surface area contributed by atoms with Crippen LogP contribution >= 0.6 is 22.9 Å². The molecule has 4 aliphatic heterocycles. The summed E-state index contributed by atoms with van der Waals surface area (Å²) in [6.07, 6.45) is 3.43. The average molecular weight is 713 g/mol. The molecule has 9 nitrogen and oxygen atoms in total. The van der Waals surface area contributed by atoms with Crippen molar-refractivity contribution in [3.8, 4) is 12.1 Å². The van der Waals surface area contributed by atoms with Gasteiger partial charge in [0, 0.05) is 49.1 Å². The zero-order valence-corrected chi connectivity index (χ0v) is 28.2. The molecule has 3 N–H and O–H groups in total. The second kappa shape index (κ2) is 13.0. The molecule has 15 heteroatoms. The summed E-state index contributed by atoms with van der Waals surface area (Å²) >= 11 is 7.83. The van der Waals surface area contributed by atoms with Gasteiger partial charge >= 0.3 is 6.01 Å². The Morgan fingerprint density at radius 2 is 2.18 bits per heavy atom. The number of fused-ring (bicyclic) bond motifs is 3. The van der Waals surface area contributed by atoms with Gasteiger partial charge in [-0.05, 0) is 50.3 Å². The van der Waals surface area contributed by atoms with Crippen molar-refractivity contribution in [1.29, 1.82) is 5.26 Å². The van der Waals surface area contributed by atoms with Crippen LogP contribution in [0.1, 0.15) is 60.6 Å². The Morgan fingerprint density at radius 1 is 1.37 bits per heavy atom. The molecule has 0 saturated carbocycles. The molecule has 49 heavy (non-hydrogen) atoms. The van der Waals surface area contributed by atoms with E-state index in [1.165, 1.54) is 6.07 Å². The topological polar surface area (TPSA) is 116 Å². The Labute approximate surface area is 289 Å². The monoisotopic (exact) mass is 712 g/mol. The number of hydrogen-bond acceptors (Lipinski definition) is 10. The quantitative estimate of drug-likeness (QED) is 0.198. The molecule has 6 heterocycles. The SMILES string of the molecule is C=C1C[C@@H]2CN[C@H](CC)CN2c2nc(OCC34CCCN3CC(=C(F)F)C4)nc3c(F)c(C=N/C=C(/F)c4cc(C#N)c(N)s4)c(Cl)c1c23. The van der Waals surface area contributed by atoms with Gasteiger partial charge < -0.3 is 20.7 Å². The first-order chi connectivity index (χ1) is 23.5. The summed E-state index contributed by atoms with van der Waals surface area (Å²) in [6.45, 7) is 8.56. The predicted octanol–water partition coefficient (Wildman–Crippen LogP) is 7.07. The number of aliphatic imine (C=N–C) groups is 1. The Kier molecular flexibility index (Phi) is 8.89. The van der Waals surface area contributed by atoms with E-state index in [-0.39, 0.29) is 74.8 Å². The smallest absolute Gasteiger partial charge is 0.319 e. The largest absolute Gasteiger partial charge is 0.461 e. The molecule has 1 unspecified atom stereocenters. The van der Waals surface area contributed by atoms with Gasteiger partial charge in [-0.15, -0.1) is 11.3 Å². The molecule has 0 amide bonds. The van der Waals surface area contributed by atoms with E-state index in [1.54, 1.807) is 0 Å². The number of thiophene rings is 1. The summed E-state index contributed by atoms with van der Waals surface area (Å²) in [5.41, 5.74) is 6.35. The van der Waals surface area contributed by atoms with E-state index in [0.29, 0.717) is 54.8 Å². The normalized spacial score (nSPS) is 24.0. The fourth-order valence-electron chi connectivity index (χ4n) is 7.49. The van der Waals surface area contributed by atoms with Crippen molar-refractivity contribution in [2.45, 2.75) is 56.7 Å². The maximum atomic E-state index is 16.7. The van der Waals surface area contributed by atoms with Crippen molar-refractivity contribution >= 4 is 62.3 Å². The van der Waals surface area contributed by atoms with Crippen LogP contribution in [0.15, 0.2) is 35.5 Å². The summed E-state index contributed by atoms with van der Waals surface area (Å²) in [4.78, 5) is 17.7. The zero-order valence-electron chi connectivity index (χ0n) is 26.6. The molecule has 2 aromatic heterocycles. The van der Waals surface area contributed by atoms with Crippen LogP contribution in [0.2, 0.25) is 5.02 Å². The van der Waals surface area contributed by atoms with Crippen molar-refractivity contribution in [3.63, 3.8) is 0 Å². The molecule has 256 valence electrons. The number of anilines is 2. The summed E-state index contributed by atoms with van der Waals surface area (Å²) < 4.78 is 65.1. The molecule has 0 aliphatic carbocycles. The third-order valence-corrected chi connectivity index (χ3v) is 11.4. The molecular weight excluding hydrogens is 680 g/mol. The highest BCUT2D eigenvalue weighted by Crippen LogP contribution is 2.46. The van der Waals surface area contributed by atoms with Crippen LogP contribution in [0, 0.1) is 17.1 Å². The molecular formula is C34H33ClF4N8OS. The average Bonchev–Trinajstić information content (AvgIpc) is 3.75. The molecule has 3 saturated heterocycles. The van der Waals surface area contributed by atoms with E-state index in [0.717, 1.165) is 36.6 Å². The minimum absolute atomic E-state index is 0.0390. The van der Waals surface area contributed by atoms with Gasteiger partial charge in [0.15, 0.2) is 11.6 Å². The summed E-state index contributed by atoms with van der Waals surface area (Å²) in [6, 6.07) is 3.22. The summed E-state index contributed by atoms with van der Waals surface area (Å²) in [5.74, 6) is -1.11. The van der Waals surface area contributed by atoms with E-state index in [9.17, 15) is 13.2 Å². The van der Waals surface area contributed by atoms with E-state index in [2.05, 4.69) is 33.7 Å². The molecule has 7 rings (SSSR count). The number of benzene rings is 1. The van der Waals surface area contributed by atoms with Gasteiger partial charge in [0.25, 0.3) is 6.08 Å². The molecule has 3 atom stereocenters. The molecule has 1 aromatic carbocycles. The van der Waals surface area contributed by atoms with Crippen LogP contribution in [0.3, 0.4) is 0 Å². The number of aromatic nitrogens is 2. The lowest BCUT2D eigenvalue weighted by atomic mass is 9.94. The molecule has 4 aliphatic rings. The first-order valence-electron chi connectivity index (χ1n) is 16.0. The maximum Gasteiger partial charge on any atom is 0.319 e. The molecule has 0 spiro atoms. The number of halogens is 5. The number of ether oxygens (including phenoxy) is 1. The van der Waals surface area contributed by atoms with Crippen LogP contribution < -0.4 is 20.7 Å². The lowest BCUT2D eigenvalue weighted by molar-refractivity contribution is 0.108. The lowest BCUT2D eigenvalue weighted by Gasteiger charge is -2.40. The van der Waals surface area contributed by atoms with Gasteiger partial charge in [-0.3, -0.25) is 9.89 Å². The van der Waals surface area contributed by atoms with E-state index >= 15 is 4.39 Å². The number of nitrogens with zero attached hydrogens (tertiary/aromatic N) is 6. The first-order valence-corrected chi connectivity index (χ1v) is 17.2. The molecule has 3 fully saturated rings. The Morgan fingerprint density at radius 3 is 2.92 bits per heavy atom. The molecule has 3 aromatic rings. The molecule has 0 bridgehead atoms. The number of rotatable bonds is 7. The van der Waals surface area contributed by atoms with Gasteiger partial charge in [-0.2, -0.15) is 24.0 Å². The summed E-state index contributed by atoms with van der Waals surface area (Å²) in [7, 11) is 0. The van der Waals surface area contributed by atoms with Gasteiger partial charge in [-0.25, -0.2) is 8.78 Å². The van der Waals surface area contributed by atoms with Gasteiger partial charge in [0.1, 0.15) is 29.0 Å². The highest BCUT2D eigenvalue weighted by molar-refractivity contribution is 7.17. The fourth-order valence-corrected chi connectivity index (χ4v) is 8.62. The van der Waals surface area contributed by atoms with E-state index in [4.69, 9.17) is 32.3 Å². The second-order valence-corrected chi connectivity index (χ2v) is 14.4. The van der Waals surface area contributed by atoms with Crippen molar-refractivity contribution < 1.29 is 22.3 Å². The number of nitriles is 1. The van der Waals surface area contributed by atoms with Crippen molar-refractivity contribution in [3.05, 3.63) is 62.9 Å². The number of nitrogen functional groups attached to an aromatic ring is 1. The van der Waals surface area contributed by atoms with Crippen molar-refractivity contribution in [2.24, 2.45) is 4.99 Å². The van der Waals surface area contributed by atoms with Crippen LogP contribution in [-0.4, -0.2) is 71.5 Å². The number of nitrogens with one attached hydrogen (secondary N) is 1. The highest BCUT2D eigenvalue weighted by atomic mass is 35.5. The van der Waals surface area contributed by atoms with Crippen molar-refractivity contribution in [1.82, 2.24) is 20.2 Å². The maximum absolute atomic E-state index is 16.7.